The van der Waals surface area contributed by atoms with Crippen LogP contribution in [0.15, 0.2) is 18.3 Å². The third-order valence-electron chi connectivity index (χ3n) is 5.57. The summed E-state index contributed by atoms with van der Waals surface area (Å²) in [6, 6.07) is 3.75. The first kappa shape index (κ1) is 21.7. The molecule has 1 aliphatic carbocycles. The minimum absolute atomic E-state index is 0.0224. The van der Waals surface area contributed by atoms with Gasteiger partial charge in [0.05, 0.1) is 19.8 Å². The lowest BCUT2D eigenvalue weighted by Crippen LogP contribution is -2.30. The van der Waals surface area contributed by atoms with Crippen molar-refractivity contribution < 1.29 is 14.3 Å². The number of hydrogen-bond acceptors (Lipinski definition) is 7. The van der Waals surface area contributed by atoms with Crippen LogP contribution in [0.1, 0.15) is 51.3 Å². The number of ketones is 1. The highest BCUT2D eigenvalue weighted by atomic mass is 16.5. The van der Waals surface area contributed by atoms with E-state index in [2.05, 4.69) is 25.8 Å². The van der Waals surface area contributed by atoms with Crippen molar-refractivity contribution in [2.45, 2.75) is 59.0 Å². The largest absolute Gasteiger partial charge is 0.488 e. The number of carbonyl (C=O) groups excluding carboxylic acids is 1. The van der Waals surface area contributed by atoms with Crippen LogP contribution in [0.5, 0.6) is 5.75 Å². The third-order valence-corrected chi connectivity index (χ3v) is 5.57. The van der Waals surface area contributed by atoms with Gasteiger partial charge in [-0.25, -0.2) is 9.97 Å². The van der Waals surface area contributed by atoms with Gasteiger partial charge in [0.25, 0.3) is 0 Å². The van der Waals surface area contributed by atoms with E-state index in [1.54, 1.807) is 6.20 Å². The standard InChI is InChI=1S/C24H32N4O3/c1-24(2,3)13-16(29)14-28(4)23-19-6-5-7-20(19)26-22(27-23)21-12-17(8-10-25-21)31-18-9-11-30-15-18/h8,10,12,18H,5-7,9,11,13-15H2,1-4H3/t18-/m0/s1. The van der Waals surface area contributed by atoms with Crippen LogP contribution in [0.25, 0.3) is 11.5 Å². The highest BCUT2D eigenvalue weighted by Crippen LogP contribution is 2.31. The lowest BCUT2D eigenvalue weighted by Gasteiger charge is -2.23. The monoisotopic (exact) mass is 424 g/mol. The maximum atomic E-state index is 12.6. The molecule has 0 bridgehead atoms. The number of hydrogen-bond donors (Lipinski definition) is 0. The summed E-state index contributed by atoms with van der Waals surface area (Å²) in [5.41, 5.74) is 2.88. The molecule has 7 nitrogen and oxygen atoms in total. The molecule has 0 N–H and O–H groups in total. The van der Waals surface area contributed by atoms with E-state index < -0.39 is 0 Å². The van der Waals surface area contributed by atoms with Crippen LogP contribution >= 0.6 is 0 Å². The van der Waals surface area contributed by atoms with Gasteiger partial charge in [0.2, 0.25) is 0 Å². The summed E-state index contributed by atoms with van der Waals surface area (Å²) in [7, 11) is 1.94. The van der Waals surface area contributed by atoms with E-state index in [0.29, 0.717) is 31.1 Å². The molecule has 2 aromatic heterocycles. The predicted molar refractivity (Wildman–Crippen MR) is 119 cm³/mol. The molecule has 2 aliphatic rings. The van der Waals surface area contributed by atoms with E-state index in [0.717, 1.165) is 55.1 Å². The maximum Gasteiger partial charge on any atom is 0.180 e. The lowest BCUT2D eigenvalue weighted by molar-refractivity contribution is -0.119. The van der Waals surface area contributed by atoms with Crippen LogP contribution < -0.4 is 9.64 Å². The molecule has 0 radical (unpaired) electrons. The minimum atomic E-state index is -0.0224. The molecule has 2 aromatic rings. The Kier molecular flexibility index (Phi) is 6.23. The van der Waals surface area contributed by atoms with Crippen molar-refractivity contribution in [1.82, 2.24) is 15.0 Å². The number of anilines is 1. The molecule has 1 aliphatic heterocycles. The Morgan fingerprint density at radius 2 is 2.13 bits per heavy atom. The molecule has 0 amide bonds. The van der Waals surface area contributed by atoms with Gasteiger partial charge < -0.3 is 14.4 Å². The lowest BCUT2D eigenvalue weighted by atomic mass is 9.90. The van der Waals surface area contributed by atoms with Gasteiger partial charge in [-0.3, -0.25) is 9.78 Å². The van der Waals surface area contributed by atoms with Crippen molar-refractivity contribution in [1.29, 1.82) is 0 Å². The molecule has 1 saturated heterocycles. The number of ether oxygens (including phenoxy) is 2. The van der Waals surface area contributed by atoms with Crippen molar-refractivity contribution in [2.75, 3.05) is 31.7 Å². The van der Waals surface area contributed by atoms with E-state index in [1.807, 2.05) is 24.1 Å². The van der Waals surface area contributed by atoms with Crippen LogP contribution in [0, 0.1) is 5.41 Å². The number of nitrogens with zero attached hydrogens (tertiary/aromatic N) is 4. The highest BCUT2D eigenvalue weighted by molar-refractivity contribution is 5.84. The van der Waals surface area contributed by atoms with Crippen LogP contribution in [0.3, 0.4) is 0 Å². The average molecular weight is 425 g/mol. The number of pyridine rings is 1. The summed E-state index contributed by atoms with van der Waals surface area (Å²) in [5, 5.41) is 0. The summed E-state index contributed by atoms with van der Waals surface area (Å²) >= 11 is 0. The first-order valence-electron chi connectivity index (χ1n) is 11.1. The van der Waals surface area contributed by atoms with E-state index in [-0.39, 0.29) is 17.3 Å². The Hall–Kier alpha value is -2.54. The highest BCUT2D eigenvalue weighted by Gasteiger charge is 2.25. The summed E-state index contributed by atoms with van der Waals surface area (Å²) in [4.78, 5) is 28.7. The number of aromatic nitrogens is 3. The number of likely N-dealkylation sites (N-methyl/N-ethyl adjacent to an activating group) is 1. The van der Waals surface area contributed by atoms with Gasteiger partial charge in [0.1, 0.15) is 23.4 Å². The number of rotatable bonds is 7. The molecule has 31 heavy (non-hydrogen) atoms. The zero-order valence-electron chi connectivity index (χ0n) is 19.0. The first-order chi connectivity index (χ1) is 14.8. The SMILES string of the molecule is CN(CC(=O)CC(C)(C)C)c1nc(-c2cc(O[C@H]3CCOC3)ccn2)nc2c1CCC2. The number of aryl methyl sites for hydroxylation is 1. The Balaban J connectivity index is 1.59. The smallest absolute Gasteiger partial charge is 0.180 e. The molecule has 7 heteroatoms. The van der Waals surface area contributed by atoms with E-state index in [1.165, 1.54) is 0 Å². The van der Waals surface area contributed by atoms with Crippen LogP contribution in [0.2, 0.25) is 0 Å². The molecule has 3 heterocycles. The van der Waals surface area contributed by atoms with Crippen molar-refractivity contribution in [3.05, 3.63) is 29.6 Å². The average Bonchev–Trinajstić information content (AvgIpc) is 3.37. The summed E-state index contributed by atoms with van der Waals surface area (Å²) < 4.78 is 11.4. The molecule has 0 unspecified atom stereocenters. The Morgan fingerprint density at radius 1 is 1.29 bits per heavy atom. The van der Waals surface area contributed by atoms with Gasteiger partial charge in [0.15, 0.2) is 11.6 Å². The maximum absolute atomic E-state index is 12.6. The zero-order valence-corrected chi connectivity index (χ0v) is 19.0. The number of Topliss-reactive ketones (excluding diaryl/α,β-unsaturated/α-hetero) is 1. The van der Waals surface area contributed by atoms with Gasteiger partial charge in [-0.1, -0.05) is 20.8 Å². The van der Waals surface area contributed by atoms with Crippen LogP contribution in [-0.2, 0) is 22.4 Å². The third kappa shape index (κ3) is 5.39. The number of carbonyl (C=O) groups is 1. The molecule has 0 spiro atoms. The second kappa shape index (κ2) is 8.91. The fourth-order valence-electron chi connectivity index (χ4n) is 4.23. The van der Waals surface area contributed by atoms with Crippen molar-refractivity contribution in [2.24, 2.45) is 5.41 Å². The van der Waals surface area contributed by atoms with Crippen LogP contribution in [0.4, 0.5) is 5.82 Å². The first-order valence-corrected chi connectivity index (χ1v) is 11.1. The fourth-order valence-corrected chi connectivity index (χ4v) is 4.23. The molecule has 4 rings (SSSR count). The topological polar surface area (TPSA) is 77.4 Å². The molecule has 1 atom stereocenters. The summed E-state index contributed by atoms with van der Waals surface area (Å²) in [6.45, 7) is 7.96. The molecule has 166 valence electrons. The Bertz CT molecular complexity index is 948. The van der Waals surface area contributed by atoms with Gasteiger partial charge in [-0.2, -0.15) is 0 Å². The fraction of sp³-hybridized carbons (Fsp3) is 0.583. The summed E-state index contributed by atoms with van der Waals surface area (Å²) in [6.07, 6.45) is 6.17. The van der Waals surface area contributed by atoms with Gasteiger partial charge in [-0.15, -0.1) is 0 Å². The quantitative estimate of drug-likeness (QED) is 0.671. The Labute approximate surface area is 184 Å². The van der Waals surface area contributed by atoms with E-state index in [9.17, 15) is 4.79 Å². The minimum Gasteiger partial charge on any atom is -0.488 e. The predicted octanol–water partition coefficient (Wildman–Crippen LogP) is 3.64. The van der Waals surface area contributed by atoms with Gasteiger partial charge in [-0.05, 0) is 30.7 Å². The molecule has 0 aromatic carbocycles. The molecular weight excluding hydrogens is 392 g/mol. The second-order valence-corrected chi connectivity index (χ2v) is 9.76. The molecular formula is C24H32N4O3. The molecule has 1 fully saturated rings. The zero-order chi connectivity index (χ0) is 22.0. The van der Waals surface area contributed by atoms with Crippen LogP contribution in [-0.4, -0.2) is 53.6 Å². The van der Waals surface area contributed by atoms with E-state index >= 15 is 0 Å². The Morgan fingerprint density at radius 3 is 2.87 bits per heavy atom. The van der Waals surface area contributed by atoms with Crippen molar-refractivity contribution in [3.63, 3.8) is 0 Å². The van der Waals surface area contributed by atoms with Gasteiger partial charge in [0, 0.05) is 43.4 Å². The normalized spacial score (nSPS) is 18.1. The van der Waals surface area contributed by atoms with Crippen molar-refractivity contribution in [3.8, 4) is 17.3 Å². The second-order valence-electron chi connectivity index (χ2n) is 9.76. The molecule has 0 saturated carbocycles. The van der Waals surface area contributed by atoms with Gasteiger partial charge >= 0.3 is 0 Å². The summed E-state index contributed by atoms with van der Waals surface area (Å²) in [5.74, 6) is 2.39. The number of fused-ring (bicyclic) bond motifs is 1. The van der Waals surface area contributed by atoms with E-state index in [4.69, 9.17) is 19.4 Å². The van der Waals surface area contributed by atoms with Crippen molar-refractivity contribution >= 4 is 11.6 Å².